The second kappa shape index (κ2) is 10.6. The molecule has 2 unspecified atom stereocenters. The third-order valence-electron chi connectivity index (χ3n) is 5.22. The third kappa shape index (κ3) is 6.93. The molecule has 7 heteroatoms. The lowest BCUT2D eigenvalue weighted by Crippen LogP contribution is -2.43. The highest BCUT2D eigenvalue weighted by Gasteiger charge is 2.24. The molecule has 0 radical (unpaired) electrons. The van der Waals surface area contributed by atoms with Crippen molar-refractivity contribution < 1.29 is 9.53 Å². The maximum Gasteiger partial charge on any atom is 0.258 e. The topological polar surface area (TPSA) is 74.8 Å². The van der Waals surface area contributed by atoms with Crippen LogP contribution in [0.15, 0.2) is 29.3 Å². The van der Waals surface area contributed by atoms with E-state index in [0.29, 0.717) is 12.1 Å². The van der Waals surface area contributed by atoms with Gasteiger partial charge in [0.25, 0.3) is 5.91 Å². The van der Waals surface area contributed by atoms with Gasteiger partial charge in [-0.25, -0.2) is 0 Å². The number of hydrogen-bond acceptors (Lipinski definition) is 4. The molecule has 3 rings (SSSR count). The van der Waals surface area contributed by atoms with Gasteiger partial charge in [-0.2, -0.15) is 11.8 Å². The van der Waals surface area contributed by atoms with Crippen molar-refractivity contribution in [3.05, 3.63) is 29.8 Å². The second-order valence-electron chi connectivity index (χ2n) is 7.54. The van der Waals surface area contributed by atoms with Crippen molar-refractivity contribution in [1.29, 1.82) is 0 Å². The number of thioether (sulfide) groups is 1. The first-order valence-corrected chi connectivity index (χ1v) is 11.5. The lowest BCUT2D eigenvalue weighted by Gasteiger charge is -2.17. The fourth-order valence-electron chi connectivity index (χ4n) is 3.40. The molecule has 2 saturated carbocycles. The van der Waals surface area contributed by atoms with E-state index in [2.05, 4.69) is 27.2 Å². The van der Waals surface area contributed by atoms with Crippen LogP contribution < -0.4 is 20.7 Å². The molecule has 2 fully saturated rings. The van der Waals surface area contributed by atoms with Crippen molar-refractivity contribution >= 4 is 23.6 Å². The zero-order chi connectivity index (χ0) is 19.8. The Labute approximate surface area is 172 Å². The quantitative estimate of drug-likeness (QED) is 0.435. The fourth-order valence-corrected chi connectivity index (χ4v) is 4.19. The Morgan fingerprint density at radius 1 is 1.14 bits per heavy atom. The van der Waals surface area contributed by atoms with Crippen LogP contribution in [0.25, 0.3) is 0 Å². The van der Waals surface area contributed by atoms with Crippen LogP contribution in [0.1, 0.15) is 37.7 Å². The van der Waals surface area contributed by atoms with Crippen LogP contribution in [0, 0.1) is 0 Å². The van der Waals surface area contributed by atoms with Gasteiger partial charge < -0.3 is 20.7 Å². The van der Waals surface area contributed by atoms with Gasteiger partial charge in [-0.3, -0.25) is 9.79 Å². The number of carbonyl (C=O) groups is 1. The second-order valence-corrected chi connectivity index (χ2v) is 8.67. The van der Waals surface area contributed by atoms with E-state index < -0.39 is 0 Å². The van der Waals surface area contributed by atoms with Gasteiger partial charge in [-0.15, -0.1) is 0 Å². The normalized spacial score (nSPS) is 22.0. The van der Waals surface area contributed by atoms with Crippen molar-refractivity contribution in [3.63, 3.8) is 0 Å². The summed E-state index contributed by atoms with van der Waals surface area (Å²) < 4.78 is 5.55. The molecule has 3 N–H and O–H groups in total. The van der Waals surface area contributed by atoms with E-state index in [1.54, 1.807) is 0 Å². The number of rotatable bonds is 9. The van der Waals surface area contributed by atoms with E-state index in [1.807, 2.05) is 43.1 Å². The Balaban J connectivity index is 1.34. The molecule has 154 valence electrons. The van der Waals surface area contributed by atoms with Crippen LogP contribution in [0.3, 0.4) is 0 Å². The van der Waals surface area contributed by atoms with E-state index in [0.717, 1.165) is 42.8 Å². The molecule has 1 amide bonds. The van der Waals surface area contributed by atoms with Gasteiger partial charge in [0.2, 0.25) is 0 Å². The van der Waals surface area contributed by atoms with Gasteiger partial charge in [0.05, 0.1) is 0 Å². The number of guanidine groups is 1. The summed E-state index contributed by atoms with van der Waals surface area (Å²) in [5.41, 5.74) is 1.22. The summed E-state index contributed by atoms with van der Waals surface area (Å²) in [5.74, 6) is 1.57. The number of aliphatic imine (C=N–C) groups is 1. The van der Waals surface area contributed by atoms with Crippen LogP contribution in [0.4, 0.5) is 0 Å². The highest BCUT2D eigenvalue weighted by atomic mass is 32.2. The van der Waals surface area contributed by atoms with Crippen LogP contribution in [-0.4, -0.2) is 55.7 Å². The van der Waals surface area contributed by atoms with Gasteiger partial charge in [0.15, 0.2) is 12.6 Å². The highest BCUT2D eigenvalue weighted by Crippen LogP contribution is 2.28. The molecule has 1 aromatic rings. The van der Waals surface area contributed by atoms with Gasteiger partial charge >= 0.3 is 0 Å². The Hall–Kier alpha value is -1.89. The average Bonchev–Trinajstić information content (AvgIpc) is 3.41. The zero-order valence-electron chi connectivity index (χ0n) is 16.9. The molecule has 28 heavy (non-hydrogen) atoms. The predicted octanol–water partition coefficient (Wildman–Crippen LogP) is 2.34. The molecule has 0 aromatic heterocycles. The first kappa shape index (κ1) is 20.8. The van der Waals surface area contributed by atoms with Crippen molar-refractivity contribution in [2.24, 2.45) is 4.99 Å². The molecular formula is C21H32N4O2S. The lowest BCUT2D eigenvalue weighted by atomic mass is 10.1. The maximum atomic E-state index is 11.7. The van der Waals surface area contributed by atoms with Gasteiger partial charge in [0.1, 0.15) is 5.75 Å². The molecule has 2 aliphatic carbocycles. The summed E-state index contributed by atoms with van der Waals surface area (Å²) in [6.07, 6.45) is 8.99. The van der Waals surface area contributed by atoms with Crippen LogP contribution in [-0.2, 0) is 11.2 Å². The minimum Gasteiger partial charge on any atom is -0.484 e. The summed E-state index contributed by atoms with van der Waals surface area (Å²) in [4.78, 5) is 16.0. The summed E-state index contributed by atoms with van der Waals surface area (Å²) in [7, 11) is 1.82. The lowest BCUT2D eigenvalue weighted by molar-refractivity contribution is -0.123. The van der Waals surface area contributed by atoms with Gasteiger partial charge in [-0.05, 0) is 62.5 Å². The first-order valence-electron chi connectivity index (χ1n) is 10.2. The van der Waals surface area contributed by atoms with E-state index in [1.165, 1.54) is 24.8 Å². The molecule has 2 atom stereocenters. The Kier molecular flexibility index (Phi) is 7.89. The molecule has 6 nitrogen and oxygen atoms in total. The van der Waals surface area contributed by atoms with Crippen molar-refractivity contribution in [1.82, 2.24) is 16.0 Å². The molecule has 0 spiro atoms. The van der Waals surface area contributed by atoms with Crippen molar-refractivity contribution in [2.75, 3.05) is 26.5 Å². The monoisotopic (exact) mass is 404 g/mol. The minimum atomic E-state index is -0.0410. The molecule has 0 saturated heterocycles. The molecule has 0 bridgehead atoms. The van der Waals surface area contributed by atoms with E-state index >= 15 is 0 Å². The van der Waals surface area contributed by atoms with Crippen molar-refractivity contribution in [3.8, 4) is 5.75 Å². The minimum absolute atomic E-state index is 0.0410. The maximum absolute atomic E-state index is 11.7. The average molecular weight is 405 g/mol. The molecule has 0 heterocycles. The van der Waals surface area contributed by atoms with E-state index in [-0.39, 0.29) is 12.5 Å². The van der Waals surface area contributed by atoms with Crippen LogP contribution in [0.5, 0.6) is 5.75 Å². The molecule has 2 aliphatic rings. The Morgan fingerprint density at radius 2 is 1.89 bits per heavy atom. The van der Waals surface area contributed by atoms with E-state index in [4.69, 9.17) is 4.74 Å². The standard InChI is InChI=1S/C21H32N4O2S/c1-22-21(25-17-7-10-19(13-17)28-2)23-12-11-15-3-8-18(9-4-15)27-14-20(26)24-16-5-6-16/h3-4,8-9,16-17,19H,5-7,10-14H2,1-2H3,(H,24,26)(H2,22,23,25). The number of nitrogens with one attached hydrogen (secondary N) is 3. The fraction of sp³-hybridized carbons (Fsp3) is 0.619. The molecule has 0 aliphatic heterocycles. The summed E-state index contributed by atoms with van der Waals surface area (Å²) in [6.45, 7) is 0.903. The third-order valence-corrected chi connectivity index (χ3v) is 6.32. The molecule has 1 aromatic carbocycles. The van der Waals surface area contributed by atoms with Crippen LogP contribution >= 0.6 is 11.8 Å². The Morgan fingerprint density at radius 3 is 2.54 bits per heavy atom. The van der Waals surface area contributed by atoms with Crippen LogP contribution in [0.2, 0.25) is 0 Å². The number of nitrogens with zero attached hydrogens (tertiary/aromatic N) is 1. The number of hydrogen-bond donors (Lipinski definition) is 3. The zero-order valence-corrected chi connectivity index (χ0v) is 17.7. The van der Waals surface area contributed by atoms with Gasteiger partial charge in [0, 0.05) is 30.9 Å². The number of carbonyl (C=O) groups excluding carboxylic acids is 1. The first-order chi connectivity index (χ1) is 13.7. The number of amides is 1. The largest absolute Gasteiger partial charge is 0.484 e. The smallest absolute Gasteiger partial charge is 0.258 e. The summed E-state index contributed by atoms with van der Waals surface area (Å²) in [5, 5.41) is 10.6. The highest BCUT2D eigenvalue weighted by molar-refractivity contribution is 7.99. The molecular weight excluding hydrogens is 372 g/mol. The SMILES string of the molecule is CN=C(NCCc1ccc(OCC(=O)NC2CC2)cc1)NC1CCC(SC)C1. The van der Waals surface area contributed by atoms with Gasteiger partial charge in [-0.1, -0.05) is 12.1 Å². The number of ether oxygens (including phenoxy) is 1. The number of benzene rings is 1. The summed E-state index contributed by atoms with van der Waals surface area (Å²) in [6, 6.07) is 8.84. The Bertz CT molecular complexity index is 661. The van der Waals surface area contributed by atoms with Crippen molar-refractivity contribution in [2.45, 2.75) is 55.9 Å². The summed E-state index contributed by atoms with van der Waals surface area (Å²) >= 11 is 1.96. The van der Waals surface area contributed by atoms with E-state index in [9.17, 15) is 4.79 Å². The predicted molar refractivity (Wildman–Crippen MR) is 116 cm³/mol.